The molecule has 1 aliphatic rings. The van der Waals surface area contributed by atoms with E-state index >= 15 is 0 Å². The first-order chi connectivity index (χ1) is 8.32. The average molecular weight is 270 g/mol. The molecule has 0 amide bonds. The van der Waals surface area contributed by atoms with Gasteiger partial charge in [-0.05, 0) is 17.2 Å². The van der Waals surface area contributed by atoms with E-state index < -0.39 is 8.07 Å². The second kappa shape index (κ2) is 5.68. The lowest BCUT2D eigenvalue weighted by Gasteiger charge is -2.31. The molecule has 0 fully saturated rings. The summed E-state index contributed by atoms with van der Waals surface area (Å²) >= 11 is 0. The van der Waals surface area contributed by atoms with Gasteiger partial charge in [0, 0.05) is 26.1 Å². The number of allylic oxidation sites excluding steroid dienone is 1. The number of ketones is 1. The van der Waals surface area contributed by atoms with Crippen LogP contribution in [0.2, 0.25) is 19.6 Å². The number of rotatable bonds is 6. The van der Waals surface area contributed by atoms with Crippen LogP contribution in [0.1, 0.15) is 19.8 Å². The maximum atomic E-state index is 12.4. The summed E-state index contributed by atoms with van der Waals surface area (Å²) in [6.07, 6.45) is 1.52. The molecule has 1 aliphatic carbocycles. The van der Waals surface area contributed by atoms with Crippen molar-refractivity contribution in [2.45, 2.75) is 39.4 Å². The van der Waals surface area contributed by atoms with E-state index in [9.17, 15) is 4.79 Å². The molecule has 0 aromatic heterocycles. The Morgan fingerprint density at radius 2 is 1.83 bits per heavy atom. The normalized spacial score (nSPS) is 25.1. The smallest absolute Gasteiger partial charge is 0.155 e. The van der Waals surface area contributed by atoms with Gasteiger partial charge < -0.3 is 9.47 Å². The SMILES string of the molecule is CCC1(COC)CC(=O)C([Si](C)(C)C)=C1COC. The topological polar surface area (TPSA) is 35.5 Å². The fraction of sp³-hybridized carbons (Fsp3) is 0.786. The molecule has 18 heavy (non-hydrogen) atoms. The summed E-state index contributed by atoms with van der Waals surface area (Å²) in [6.45, 7) is 10.00. The Morgan fingerprint density at radius 1 is 1.22 bits per heavy atom. The van der Waals surface area contributed by atoms with Gasteiger partial charge in [-0.15, -0.1) is 0 Å². The maximum absolute atomic E-state index is 12.4. The van der Waals surface area contributed by atoms with Crippen LogP contribution in [0.5, 0.6) is 0 Å². The maximum Gasteiger partial charge on any atom is 0.155 e. The van der Waals surface area contributed by atoms with Crippen molar-refractivity contribution in [2.75, 3.05) is 27.4 Å². The highest BCUT2D eigenvalue weighted by Crippen LogP contribution is 2.46. The Kier molecular flexibility index (Phi) is 4.92. The van der Waals surface area contributed by atoms with E-state index in [-0.39, 0.29) is 5.41 Å². The molecule has 0 aromatic rings. The minimum absolute atomic E-state index is 0.128. The molecule has 4 heteroatoms. The molecule has 0 heterocycles. The van der Waals surface area contributed by atoms with Crippen LogP contribution in [0.25, 0.3) is 0 Å². The molecule has 1 rings (SSSR count). The monoisotopic (exact) mass is 270 g/mol. The molecule has 0 radical (unpaired) electrons. The molecule has 0 spiro atoms. The van der Waals surface area contributed by atoms with Crippen molar-refractivity contribution in [1.29, 1.82) is 0 Å². The third kappa shape index (κ3) is 2.76. The fourth-order valence-electron chi connectivity index (χ4n) is 3.03. The first-order valence-electron chi connectivity index (χ1n) is 6.57. The number of carbonyl (C=O) groups is 1. The Labute approximate surface area is 112 Å². The van der Waals surface area contributed by atoms with E-state index in [4.69, 9.17) is 9.47 Å². The van der Waals surface area contributed by atoms with E-state index in [0.29, 0.717) is 25.4 Å². The zero-order valence-corrected chi connectivity index (χ0v) is 13.6. The van der Waals surface area contributed by atoms with E-state index in [1.807, 2.05) is 0 Å². The fourth-order valence-corrected chi connectivity index (χ4v) is 5.20. The number of methoxy groups -OCH3 is 2. The molecule has 0 N–H and O–H groups in total. The minimum Gasteiger partial charge on any atom is -0.384 e. The molecule has 0 saturated heterocycles. The van der Waals surface area contributed by atoms with E-state index in [2.05, 4.69) is 26.6 Å². The van der Waals surface area contributed by atoms with Crippen LogP contribution in [0.15, 0.2) is 10.8 Å². The largest absolute Gasteiger partial charge is 0.384 e. The molecule has 3 nitrogen and oxygen atoms in total. The highest BCUT2D eigenvalue weighted by Gasteiger charge is 2.47. The van der Waals surface area contributed by atoms with Crippen molar-refractivity contribution in [3.8, 4) is 0 Å². The van der Waals surface area contributed by atoms with Crippen LogP contribution in [-0.4, -0.2) is 41.3 Å². The van der Waals surface area contributed by atoms with E-state index in [1.165, 1.54) is 5.57 Å². The molecule has 0 aliphatic heterocycles. The quantitative estimate of drug-likeness (QED) is 0.696. The Morgan fingerprint density at radius 3 is 2.22 bits per heavy atom. The third-order valence-corrected chi connectivity index (χ3v) is 5.94. The second-order valence-electron chi connectivity index (χ2n) is 6.20. The highest BCUT2D eigenvalue weighted by molar-refractivity contribution is 6.87. The van der Waals surface area contributed by atoms with Gasteiger partial charge in [-0.25, -0.2) is 0 Å². The van der Waals surface area contributed by atoms with Crippen molar-refractivity contribution in [1.82, 2.24) is 0 Å². The summed E-state index contributed by atoms with van der Waals surface area (Å²) < 4.78 is 10.7. The highest BCUT2D eigenvalue weighted by atomic mass is 28.3. The van der Waals surface area contributed by atoms with Gasteiger partial charge in [-0.3, -0.25) is 4.79 Å². The average Bonchev–Trinajstić information content (AvgIpc) is 2.52. The van der Waals surface area contributed by atoms with Crippen LogP contribution in [0.4, 0.5) is 0 Å². The molecule has 0 saturated carbocycles. The first-order valence-corrected chi connectivity index (χ1v) is 10.1. The van der Waals surface area contributed by atoms with Gasteiger partial charge in [0.1, 0.15) is 0 Å². The van der Waals surface area contributed by atoms with Crippen LogP contribution >= 0.6 is 0 Å². The first kappa shape index (κ1) is 15.6. The lowest BCUT2D eigenvalue weighted by molar-refractivity contribution is -0.116. The summed E-state index contributed by atoms with van der Waals surface area (Å²) in [6, 6.07) is 0. The predicted octanol–water partition coefficient (Wildman–Crippen LogP) is 2.82. The van der Waals surface area contributed by atoms with E-state index in [1.54, 1.807) is 14.2 Å². The van der Waals surface area contributed by atoms with Crippen molar-refractivity contribution < 1.29 is 14.3 Å². The molecular weight excluding hydrogens is 244 g/mol. The van der Waals surface area contributed by atoms with Gasteiger partial charge in [-0.2, -0.15) is 0 Å². The lowest BCUT2D eigenvalue weighted by atomic mass is 9.79. The number of Topliss-reactive ketones (excluding diaryl/α,β-unsaturated/α-hetero) is 1. The summed E-state index contributed by atoms with van der Waals surface area (Å²) in [4.78, 5) is 12.4. The van der Waals surface area contributed by atoms with Crippen LogP contribution in [-0.2, 0) is 14.3 Å². The van der Waals surface area contributed by atoms with Gasteiger partial charge in [0.25, 0.3) is 0 Å². The standard InChI is InChI=1S/C14H26O3Si/c1-7-14(10-17-3)8-12(15)13(18(4,5)6)11(14)9-16-2/h7-10H2,1-6H3. The second-order valence-corrected chi connectivity index (χ2v) is 11.2. The predicted molar refractivity (Wildman–Crippen MR) is 76.5 cm³/mol. The van der Waals surface area contributed by atoms with Gasteiger partial charge in [-0.1, -0.05) is 26.6 Å². The van der Waals surface area contributed by atoms with Crippen LogP contribution < -0.4 is 0 Å². The molecular formula is C14H26O3Si. The Bertz CT molecular complexity index is 355. The van der Waals surface area contributed by atoms with Crippen molar-refractivity contribution in [3.63, 3.8) is 0 Å². The third-order valence-electron chi connectivity index (χ3n) is 3.86. The molecule has 1 atom stereocenters. The van der Waals surface area contributed by atoms with Gasteiger partial charge in [0.2, 0.25) is 0 Å². The zero-order valence-electron chi connectivity index (χ0n) is 12.6. The lowest BCUT2D eigenvalue weighted by Crippen LogP contribution is -2.31. The number of hydrogen-bond acceptors (Lipinski definition) is 3. The molecule has 104 valence electrons. The number of carbonyl (C=O) groups excluding carboxylic acids is 1. The van der Waals surface area contributed by atoms with Crippen molar-refractivity contribution in [2.24, 2.45) is 5.41 Å². The van der Waals surface area contributed by atoms with Gasteiger partial charge in [0.15, 0.2) is 5.78 Å². The Balaban J connectivity index is 3.32. The summed E-state index contributed by atoms with van der Waals surface area (Å²) in [5.74, 6) is 0.320. The summed E-state index contributed by atoms with van der Waals surface area (Å²) in [5.41, 5.74) is 1.08. The minimum atomic E-state index is -1.63. The summed E-state index contributed by atoms with van der Waals surface area (Å²) in [7, 11) is 1.78. The van der Waals surface area contributed by atoms with Crippen molar-refractivity contribution >= 4 is 13.9 Å². The van der Waals surface area contributed by atoms with Gasteiger partial charge >= 0.3 is 0 Å². The molecule has 0 bridgehead atoms. The van der Waals surface area contributed by atoms with Crippen LogP contribution in [0, 0.1) is 5.41 Å². The Hall–Kier alpha value is -0.453. The van der Waals surface area contributed by atoms with E-state index in [0.717, 1.165) is 11.6 Å². The van der Waals surface area contributed by atoms with Crippen molar-refractivity contribution in [3.05, 3.63) is 10.8 Å². The zero-order chi connectivity index (χ0) is 14.0. The summed E-state index contributed by atoms with van der Waals surface area (Å²) in [5, 5.41) is 1.09. The molecule has 1 unspecified atom stereocenters. The number of hydrogen-bond donors (Lipinski definition) is 0. The molecule has 0 aromatic carbocycles. The number of ether oxygens (including phenoxy) is 2. The van der Waals surface area contributed by atoms with Crippen LogP contribution in [0.3, 0.4) is 0 Å². The van der Waals surface area contributed by atoms with Gasteiger partial charge in [0.05, 0.1) is 21.3 Å².